The zero-order valence-electron chi connectivity index (χ0n) is 7.01. The van der Waals surface area contributed by atoms with Crippen LogP contribution in [0.2, 0.25) is 0 Å². The van der Waals surface area contributed by atoms with E-state index in [1.807, 2.05) is 0 Å². The van der Waals surface area contributed by atoms with Gasteiger partial charge in [-0.25, -0.2) is 0 Å². The van der Waals surface area contributed by atoms with Gasteiger partial charge < -0.3 is 0 Å². The largest absolute Gasteiger partial charge is 0.0805 e. The molecule has 0 spiro atoms. The summed E-state index contributed by atoms with van der Waals surface area (Å²) in [6.45, 7) is 2.33. The van der Waals surface area contributed by atoms with Crippen LogP contribution in [-0.4, -0.2) is 0 Å². The summed E-state index contributed by atoms with van der Waals surface area (Å²) < 4.78 is 0. The van der Waals surface area contributed by atoms with Crippen LogP contribution in [0.3, 0.4) is 0 Å². The average molecular weight is 146 g/mol. The highest BCUT2D eigenvalue weighted by Gasteiger charge is 2.18. The number of allylic oxidation sites excluding steroid dienone is 6. The number of hydrogen-bond donors (Lipinski definition) is 0. The molecule has 0 amide bonds. The topological polar surface area (TPSA) is 0 Å². The Morgan fingerprint density at radius 2 is 2.09 bits per heavy atom. The molecule has 0 saturated carbocycles. The van der Waals surface area contributed by atoms with Crippen molar-refractivity contribution in [1.29, 1.82) is 0 Å². The van der Waals surface area contributed by atoms with Crippen molar-refractivity contribution in [2.45, 2.75) is 26.2 Å². The van der Waals surface area contributed by atoms with Crippen molar-refractivity contribution >= 4 is 0 Å². The molecule has 0 radical (unpaired) electrons. The molecule has 1 unspecified atom stereocenters. The summed E-state index contributed by atoms with van der Waals surface area (Å²) in [6.07, 6.45) is 12.9. The van der Waals surface area contributed by atoms with Gasteiger partial charge in [0.05, 0.1) is 0 Å². The summed E-state index contributed by atoms with van der Waals surface area (Å²) in [5.74, 6) is 0.795. The Hall–Kier alpha value is -0.780. The van der Waals surface area contributed by atoms with Crippen molar-refractivity contribution in [1.82, 2.24) is 0 Å². The fourth-order valence-electron chi connectivity index (χ4n) is 1.92. The quantitative estimate of drug-likeness (QED) is 0.492. The van der Waals surface area contributed by atoms with Crippen LogP contribution in [-0.2, 0) is 0 Å². The minimum Gasteiger partial charge on any atom is -0.0805 e. The summed E-state index contributed by atoms with van der Waals surface area (Å²) >= 11 is 0. The first-order valence-electron chi connectivity index (χ1n) is 4.44. The first kappa shape index (κ1) is 6.90. The Kier molecular flexibility index (Phi) is 1.69. The second-order valence-electron chi connectivity index (χ2n) is 3.46. The predicted octanol–water partition coefficient (Wildman–Crippen LogP) is 3.23. The molecule has 58 valence electrons. The minimum absolute atomic E-state index is 0.795. The highest BCUT2D eigenvalue weighted by molar-refractivity contribution is 5.40. The van der Waals surface area contributed by atoms with Gasteiger partial charge in [0, 0.05) is 0 Å². The second-order valence-corrected chi connectivity index (χ2v) is 3.46. The van der Waals surface area contributed by atoms with Crippen LogP contribution in [0.5, 0.6) is 0 Å². The van der Waals surface area contributed by atoms with Crippen molar-refractivity contribution < 1.29 is 0 Å². The highest BCUT2D eigenvalue weighted by atomic mass is 14.2. The van der Waals surface area contributed by atoms with Gasteiger partial charge in [-0.1, -0.05) is 31.2 Å². The third kappa shape index (κ3) is 1.18. The summed E-state index contributed by atoms with van der Waals surface area (Å²) in [6, 6.07) is 0. The van der Waals surface area contributed by atoms with Gasteiger partial charge in [-0.05, 0) is 36.3 Å². The van der Waals surface area contributed by atoms with Gasteiger partial charge in [-0.2, -0.15) is 0 Å². The summed E-state index contributed by atoms with van der Waals surface area (Å²) in [5.41, 5.74) is 3.16. The summed E-state index contributed by atoms with van der Waals surface area (Å²) in [7, 11) is 0. The van der Waals surface area contributed by atoms with E-state index >= 15 is 0 Å². The molecule has 1 atom stereocenters. The maximum atomic E-state index is 2.33. The number of hydrogen-bond acceptors (Lipinski definition) is 0. The van der Waals surface area contributed by atoms with E-state index in [1.165, 1.54) is 12.8 Å². The van der Waals surface area contributed by atoms with Gasteiger partial charge in [-0.15, -0.1) is 0 Å². The lowest BCUT2D eigenvalue weighted by Gasteiger charge is -2.02. The highest BCUT2D eigenvalue weighted by Crippen LogP contribution is 2.34. The molecule has 0 aromatic rings. The molecule has 0 bridgehead atoms. The SMILES string of the molecule is CC1CCC2=C1C=CCC=C2. The zero-order chi connectivity index (χ0) is 7.68. The summed E-state index contributed by atoms with van der Waals surface area (Å²) in [5, 5.41) is 0. The Morgan fingerprint density at radius 1 is 1.27 bits per heavy atom. The van der Waals surface area contributed by atoms with Crippen molar-refractivity contribution in [3.8, 4) is 0 Å². The van der Waals surface area contributed by atoms with Crippen LogP contribution < -0.4 is 0 Å². The summed E-state index contributed by atoms with van der Waals surface area (Å²) in [4.78, 5) is 0. The molecule has 2 rings (SSSR count). The van der Waals surface area contributed by atoms with E-state index in [0.717, 1.165) is 12.3 Å². The Morgan fingerprint density at radius 3 is 3.00 bits per heavy atom. The fourth-order valence-corrected chi connectivity index (χ4v) is 1.92. The molecule has 0 aliphatic heterocycles. The van der Waals surface area contributed by atoms with Gasteiger partial charge in [0.1, 0.15) is 0 Å². The van der Waals surface area contributed by atoms with Crippen molar-refractivity contribution in [3.05, 3.63) is 35.5 Å². The van der Waals surface area contributed by atoms with Gasteiger partial charge in [0.25, 0.3) is 0 Å². The normalized spacial score (nSPS) is 29.0. The van der Waals surface area contributed by atoms with Crippen LogP contribution >= 0.6 is 0 Å². The zero-order valence-corrected chi connectivity index (χ0v) is 7.01. The van der Waals surface area contributed by atoms with Crippen molar-refractivity contribution in [2.24, 2.45) is 5.92 Å². The smallest absolute Gasteiger partial charge is 0.0163 e. The Labute approximate surface area is 68.3 Å². The van der Waals surface area contributed by atoms with E-state index < -0.39 is 0 Å². The van der Waals surface area contributed by atoms with Crippen LogP contribution in [0.4, 0.5) is 0 Å². The van der Waals surface area contributed by atoms with E-state index in [2.05, 4.69) is 31.2 Å². The van der Waals surface area contributed by atoms with E-state index in [4.69, 9.17) is 0 Å². The lowest BCUT2D eigenvalue weighted by atomic mass is 10.0. The lowest BCUT2D eigenvalue weighted by molar-refractivity contribution is 0.680. The molecule has 0 fully saturated rings. The molecule has 0 saturated heterocycles. The van der Waals surface area contributed by atoms with Crippen LogP contribution in [0, 0.1) is 5.92 Å². The number of rotatable bonds is 0. The van der Waals surface area contributed by atoms with E-state index in [9.17, 15) is 0 Å². The van der Waals surface area contributed by atoms with E-state index in [0.29, 0.717) is 0 Å². The molecule has 0 N–H and O–H groups in total. The van der Waals surface area contributed by atoms with Crippen molar-refractivity contribution in [2.75, 3.05) is 0 Å². The Balaban J connectivity index is 2.36. The molecule has 2 aliphatic carbocycles. The maximum Gasteiger partial charge on any atom is -0.0163 e. The van der Waals surface area contributed by atoms with E-state index in [-0.39, 0.29) is 0 Å². The van der Waals surface area contributed by atoms with Gasteiger partial charge >= 0.3 is 0 Å². The van der Waals surface area contributed by atoms with Gasteiger partial charge in [0.2, 0.25) is 0 Å². The lowest BCUT2D eigenvalue weighted by Crippen LogP contribution is -1.88. The molecule has 0 heteroatoms. The van der Waals surface area contributed by atoms with Gasteiger partial charge in [0.15, 0.2) is 0 Å². The molecule has 0 aromatic carbocycles. The third-order valence-corrected chi connectivity index (χ3v) is 2.64. The average Bonchev–Trinajstić information content (AvgIpc) is 2.25. The minimum atomic E-state index is 0.795. The molecular formula is C11H14. The first-order valence-corrected chi connectivity index (χ1v) is 4.44. The third-order valence-electron chi connectivity index (χ3n) is 2.64. The molecule has 0 nitrogen and oxygen atoms in total. The second kappa shape index (κ2) is 2.69. The predicted molar refractivity (Wildman–Crippen MR) is 48.3 cm³/mol. The van der Waals surface area contributed by atoms with Crippen LogP contribution in [0.1, 0.15) is 26.2 Å². The van der Waals surface area contributed by atoms with Crippen molar-refractivity contribution in [3.63, 3.8) is 0 Å². The first-order chi connectivity index (χ1) is 5.38. The molecular weight excluding hydrogens is 132 g/mol. The van der Waals surface area contributed by atoms with E-state index in [1.54, 1.807) is 11.1 Å². The molecule has 11 heavy (non-hydrogen) atoms. The van der Waals surface area contributed by atoms with Crippen LogP contribution in [0.15, 0.2) is 35.5 Å². The molecule has 0 heterocycles. The molecule has 0 aromatic heterocycles. The monoisotopic (exact) mass is 146 g/mol. The fraction of sp³-hybridized carbons (Fsp3) is 0.455. The van der Waals surface area contributed by atoms with Gasteiger partial charge in [-0.3, -0.25) is 0 Å². The Bertz CT molecular complexity index is 241. The maximum absolute atomic E-state index is 2.33. The van der Waals surface area contributed by atoms with Crippen LogP contribution in [0.25, 0.3) is 0 Å². The molecule has 2 aliphatic rings. The standard InChI is InChI=1S/C11H14/c1-9-7-8-10-5-3-2-4-6-11(9)10/h3-6,9H,2,7-8H2,1H3.